The molecular weight excluding hydrogens is 658 g/mol. The maximum absolute atomic E-state index is 13.8. The highest BCUT2D eigenvalue weighted by Crippen LogP contribution is 2.40. The Balaban J connectivity index is 1.60. The topological polar surface area (TPSA) is 135 Å². The normalized spacial score (nSPS) is 14.2. The van der Waals surface area contributed by atoms with Gasteiger partial charge in [0.25, 0.3) is 0 Å². The van der Waals surface area contributed by atoms with E-state index in [1.165, 1.54) is 0 Å². The van der Waals surface area contributed by atoms with E-state index in [0.717, 1.165) is 22.5 Å². The average Bonchev–Trinajstić information content (AvgIpc) is 3.57. The van der Waals surface area contributed by atoms with Crippen LogP contribution in [0.2, 0.25) is 0 Å². The lowest BCUT2D eigenvalue weighted by atomic mass is 10.1. The molecule has 2 aromatic heterocycles. The molecule has 0 bridgehead atoms. The third kappa shape index (κ3) is 7.15. The molecule has 0 aliphatic rings. The Hall–Kier alpha value is -3.71. The molecular formula is C26H18F6N4O5S3. The molecule has 2 atom stereocenters. The van der Waals surface area contributed by atoms with Crippen molar-refractivity contribution in [3.05, 3.63) is 100 Å². The first-order valence-corrected chi connectivity index (χ1v) is 15.9. The van der Waals surface area contributed by atoms with Gasteiger partial charge in [0.15, 0.2) is 15.1 Å². The van der Waals surface area contributed by atoms with Crippen molar-refractivity contribution in [1.29, 1.82) is 0 Å². The van der Waals surface area contributed by atoms with Gasteiger partial charge in [0.2, 0.25) is 23.0 Å². The molecule has 5 rings (SSSR count). The summed E-state index contributed by atoms with van der Waals surface area (Å²) in [6, 6.07) is 14.9. The van der Waals surface area contributed by atoms with Crippen LogP contribution < -0.4 is 4.72 Å². The largest absolute Gasteiger partial charge is 0.422 e. The van der Waals surface area contributed by atoms with Gasteiger partial charge in [0.05, 0.1) is 33.6 Å². The predicted molar refractivity (Wildman–Crippen MR) is 148 cm³/mol. The molecule has 5 aromatic rings. The number of benzene rings is 3. The molecule has 0 spiro atoms. The number of thiazole rings is 1. The predicted octanol–water partition coefficient (Wildman–Crippen LogP) is 6.31. The van der Waals surface area contributed by atoms with Crippen molar-refractivity contribution in [2.45, 2.75) is 29.9 Å². The number of rotatable bonds is 9. The fourth-order valence-corrected chi connectivity index (χ4v) is 7.64. The summed E-state index contributed by atoms with van der Waals surface area (Å²) in [4.78, 5) is 4.38. The molecule has 0 aliphatic carbocycles. The van der Waals surface area contributed by atoms with E-state index in [9.17, 15) is 39.0 Å². The van der Waals surface area contributed by atoms with Gasteiger partial charge in [-0.25, -0.2) is 22.3 Å². The van der Waals surface area contributed by atoms with Crippen LogP contribution in [0.3, 0.4) is 0 Å². The summed E-state index contributed by atoms with van der Waals surface area (Å²) >= 11 is -1.58. The molecule has 0 fully saturated rings. The monoisotopic (exact) mass is 676 g/mol. The summed E-state index contributed by atoms with van der Waals surface area (Å²) in [7, 11) is -4.75. The van der Waals surface area contributed by atoms with E-state index in [0.29, 0.717) is 22.3 Å². The zero-order valence-electron chi connectivity index (χ0n) is 21.8. The molecule has 2 N–H and O–H groups in total. The summed E-state index contributed by atoms with van der Waals surface area (Å²) in [6.07, 6.45) is -10.4. The highest BCUT2D eigenvalue weighted by molar-refractivity contribution is 7.91. The van der Waals surface area contributed by atoms with Crippen molar-refractivity contribution in [2.75, 3.05) is 0 Å². The summed E-state index contributed by atoms with van der Waals surface area (Å²) in [6.45, 7) is -0.453. The smallest absolute Gasteiger partial charge is 0.416 e. The molecule has 3 aromatic carbocycles. The lowest BCUT2D eigenvalue weighted by Gasteiger charge is -2.16. The second-order valence-electron chi connectivity index (χ2n) is 9.31. The van der Waals surface area contributed by atoms with Gasteiger partial charge < -0.3 is 4.42 Å². The van der Waals surface area contributed by atoms with Crippen LogP contribution in [0, 0.1) is 0 Å². The molecule has 0 amide bonds. The Morgan fingerprint density at radius 3 is 2.18 bits per heavy atom. The summed E-state index contributed by atoms with van der Waals surface area (Å²) in [5.74, 6) is -2.17. The lowest BCUT2D eigenvalue weighted by molar-refractivity contribution is -0.143. The first kappa shape index (κ1) is 31.7. The molecule has 9 nitrogen and oxygen atoms in total. The van der Waals surface area contributed by atoms with Gasteiger partial charge in [-0.15, -0.1) is 21.5 Å². The van der Waals surface area contributed by atoms with Gasteiger partial charge in [0, 0.05) is 0 Å². The number of nitrogens with one attached hydrogen (secondary N) is 1. The van der Waals surface area contributed by atoms with Crippen LogP contribution in [0.1, 0.15) is 38.7 Å². The molecule has 2 unspecified atom stereocenters. The minimum absolute atomic E-state index is 0.103. The molecule has 18 heteroatoms. The van der Waals surface area contributed by atoms with Crippen molar-refractivity contribution in [3.63, 3.8) is 0 Å². The van der Waals surface area contributed by atoms with Crippen LogP contribution in [-0.4, -0.2) is 32.4 Å². The fraction of sp³-hybridized carbons (Fsp3) is 0.192. The molecule has 232 valence electrons. The van der Waals surface area contributed by atoms with Gasteiger partial charge in [0.1, 0.15) is 5.01 Å². The SMILES string of the molecule is O=S(O)NCc1nnc(C(c2nc3ccc(-c4ccccc4)cc3s2)S(=O)(=O)Cc2cc(C(F)(F)F)cc(C(F)(F)F)c2)o1. The van der Waals surface area contributed by atoms with Gasteiger partial charge in [-0.3, -0.25) is 4.55 Å². The third-order valence-corrected chi connectivity index (χ3v) is 9.67. The van der Waals surface area contributed by atoms with Crippen LogP contribution in [0.25, 0.3) is 21.3 Å². The Kier molecular flexibility index (Phi) is 8.65. The first-order valence-electron chi connectivity index (χ1n) is 12.2. The Bertz CT molecular complexity index is 1910. The van der Waals surface area contributed by atoms with Crippen LogP contribution in [-0.2, 0) is 45.8 Å². The Morgan fingerprint density at radius 2 is 1.57 bits per heavy atom. The van der Waals surface area contributed by atoms with Crippen molar-refractivity contribution >= 4 is 42.7 Å². The van der Waals surface area contributed by atoms with Crippen LogP contribution in [0.5, 0.6) is 0 Å². The molecule has 44 heavy (non-hydrogen) atoms. The van der Waals surface area contributed by atoms with Crippen molar-refractivity contribution < 1.29 is 47.9 Å². The lowest BCUT2D eigenvalue weighted by Crippen LogP contribution is -2.19. The van der Waals surface area contributed by atoms with E-state index in [1.54, 1.807) is 18.2 Å². The average molecular weight is 677 g/mol. The second-order valence-corrected chi connectivity index (χ2v) is 13.2. The maximum Gasteiger partial charge on any atom is 0.416 e. The van der Waals surface area contributed by atoms with Crippen LogP contribution in [0.4, 0.5) is 26.3 Å². The molecule has 0 saturated carbocycles. The van der Waals surface area contributed by atoms with E-state index in [1.807, 2.05) is 30.3 Å². The molecule has 0 radical (unpaired) electrons. The van der Waals surface area contributed by atoms with E-state index in [-0.39, 0.29) is 17.0 Å². The summed E-state index contributed by atoms with van der Waals surface area (Å²) in [5, 5.41) is 5.33. The van der Waals surface area contributed by atoms with E-state index in [2.05, 4.69) is 19.9 Å². The van der Waals surface area contributed by atoms with Gasteiger partial charge in [-0.05, 0) is 47.0 Å². The van der Waals surface area contributed by atoms with Crippen molar-refractivity contribution in [2.24, 2.45) is 0 Å². The second kappa shape index (κ2) is 12.0. The molecule has 0 aliphatic heterocycles. The Morgan fingerprint density at radius 1 is 0.909 bits per heavy atom. The first-order chi connectivity index (χ1) is 20.6. The molecule has 2 heterocycles. The highest BCUT2D eigenvalue weighted by atomic mass is 32.2. The number of aromatic nitrogens is 3. The Labute approximate surface area is 251 Å². The van der Waals surface area contributed by atoms with E-state index in [4.69, 9.17) is 8.97 Å². The zero-order chi connectivity index (χ0) is 31.9. The standard InChI is InChI=1S/C26H18F6N4O5S3/c27-25(28,29)17-8-14(9-18(11-17)26(30,31)32)13-44(39,40)22(23-36-35-21(41-23)12-33-43(37)38)24-34-19-7-6-16(10-20(19)42-24)15-4-2-1-3-5-15/h1-11,22,33H,12-13H2,(H,37,38). The van der Waals surface area contributed by atoms with Crippen molar-refractivity contribution in [3.8, 4) is 11.1 Å². The number of nitrogens with zero attached hydrogens (tertiary/aromatic N) is 3. The van der Waals surface area contributed by atoms with Gasteiger partial charge in [-0.2, -0.15) is 26.3 Å². The minimum Gasteiger partial charge on any atom is -0.422 e. The quantitative estimate of drug-likeness (QED) is 0.137. The number of sulfone groups is 1. The number of fused-ring (bicyclic) bond motifs is 1. The highest BCUT2D eigenvalue weighted by Gasteiger charge is 2.40. The number of alkyl halides is 6. The molecule has 0 saturated heterocycles. The fourth-order valence-electron chi connectivity index (χ4n) is 4.26. The van der Waals surface area contributed by atoms with E-state index >= 15 is 0 Å². The van der Waals surface area contributed by atoms with Crippen molar-refractivity contribution in [1.82, 2.24) is 19.9 Å². The summed E-state index contributed by atoms with van der Waals surface area (Å²) < 4.78 is 136. The zero-order valence-corrected chi connectivity index (χ0v) is 24.2. The van der Waals surface area contributed by atoms with Gasteiger partial charge in [-0.1, -0.05) is 36.4 Å². The number of halogens is 6. The number of hydrogen-bond donors (Lipinski definition) is 2. The maximum atomic E-state index is 13.8. The third-order valence-electron chi connectivity index (χ3n) is 6.16. The minimum atomic E-state index is -5.19. The van der Waals surface area contributed by atoms with Crippen LogP contribution >= 0.6 is 11.3 Å². The summed E-state index contributed by atoms with van der Waals surface area (Å²) in [5.41, 5.74) is -2.13. The van der Waals surface area contributed by atoms with Crippen LogP contribution in [0.15, 0.2) is 71.1 Å². The number of hydrogen-bond acceptors (Lipinski definition) is 8. The van der Waals surface area contributed by atoms with Gasteiger partial charge >= 0.3 is 12.4 Å². The van der Waals surface area contributed by atoms with E-state index < -0.39 is 73.6 Å².